The Balaban J connectivity index is 1.94. The molecule has 5 nitrogen and oxygen atoms in total. The zero-order valence-electron chi connectivity index (χ0n) is 15.8. The molecule has 0 aliphatic heterocycles. The smallest absolute Gasteiger partial charge is 0.340 e. The minimum Gasteiger partial charge on any atom is -0.507 e. The lowest BCUT2D eigenvalue weighted by Crippen LogP contribution is -2.82. The summed E-state index contributed by atoms with van der Waals surface area (Å²) in [6.07, 6.45) is 1.45. The van der Waals surface area contributed by atoms with E-state index in [2.05, 4.69) is 5.32 Å². The van der Waals surface area contributed by atoms with Crippen LogP contribution in [0, 0.1) is 6.92 Å². The third-order valence-electron chi connectivity index (χ3n) is 4.86. The average Bonchev–Trinajstić information content (AvgIpc) is 2.67. The van der Waals surface area contributed by atoms with Gasteiger partial charge in [-0.15, -0.1) is 0 Å². The first-order valence-electron chi connectivity index (χ1n) is 9.23. The van der Waals surface area contributed by atoms with Gasteiger partial charge in [0.1, 0.15) is 12.3 Å². The number of quaternary nitrogens is 1. The number of aryl methyl sites for hydroxylation is 1. The molecule has 3 rings (SSSR count). The maximum Gasteiger partial charge on any atom is 0.340 e. The summed E-state index contributed by atoms with van der Waals surface area (Å²) < 4.78 is 10.7. The van der Waals surface area contributed by atoms with Gasteiger partial charge in [0, 0.05) is 30.9 Å². The van der Waals surface area contributed by atoms with E-state index >= 15 is 0 Å². The van der Waals surface area contributed by atoms with Gasteiger partial charge in [0.05, 0.1) is 18.7 Å². The van der Waals surface area contributed by atoms with Gasteiger partial charge in [-0.2, -0.15) is 0 Å². The maximum atomic E-state index is 12.7. The Morgan fingerprint density at radius 1 is 1.11 bits per heavy atom. The largest absolute Gasteiger partial charge is 0.507 e. The van der Waals surface area contributed by atoms with Crippen LogP contribution in [-0.4, -0.2) is 25.4 Å². The summed E-state index contributed by atoms with van der Waals surface area (Å²) in [5.41, 5.74) is 3.45. The molecule has 5 heteroatoms. The van der Waals surface area contributed by atoms with Crippen LogP contribution in [0.5, 0.6) is 5.75 Å². The molecule has 1 heterocycles. The van der Waals surface area contributed by atoms with E-state index in [0.29, 0.717) is 36.3 Å². The Morgan fingerprint density at radius 2 is 1.89 bits per heavy atom. The fourth-order valence-corrected chi connectivity index (χ4v) is 3.32. The average molecular weight is 368 g/mol. The van der Waals surface area contributed by atoms with Crippen LogP contribution in [0.2, 0.25) is 0 Å². The highest BCUT2D eigenvalue weighted by atomic mass is 16.5. The van der Waals surface area contributed by atoms with Gasteiger partial charge in [0.2, 0.25) is 0 Å². The van der Waals surface area contributed by atoms with Crippen molar-refractivity contribution in [2.75, 3.05) is 20.3 Å². The van der Waals surface area contributed by atoms with E-state index in [1.807, 2.05) is 43.3 Å². The fraction of sp³-hybridized carbons (Fsp3) is 0.318. The molecule has 0 atom stereocenters. The number of aromatic hydroxyl groups is 1. The molecule has 3 N–H and O–H groups in total. The second-order valence-corrected chi connectivity index (χ2v) is 6.72. The van der Waals surface area contributed by atoms with Gasteiger partial charge >= 0.3 is 5.63 Å². The molecule has 0 bridgehead atoms. The lowest BCUT2D eigenvalue weighted by atomic mass is 9.98. The Labute approximate surface area is 158 Å². The summed E-state index contributed by atoms with van der Waals surface area (Å²) in [7, 11) is 1.68. The minimum atomic E-state index is -0.338. The number of ether oxygens (including phenoxy) is 1. The van der Waals surface area contributed by atoms with E-state index in [1.54, 1.807) is 13.2 Å². The Morgan fingerprint density at radius 3 is 2.63 bits per heavy atom. The number of phenolic OH excluding ortho intramolecular Hbond substituents is 1. The number of hydrogen-bond donors (Lipinski definition) is 2. The van der Waals surface area contributed by atoms with E-state index in [1.165, 1.54) is 0 Å². The van der Waals surface area contributed by atoms with Gasteiger partial charge in [-0.3, -0.25) is 0 Å². The van der Waals surface area contributed by atoms with Crippen molar-refractivity contribution in [2.45, 2.75) is 26.3 Å². The molecule has 0 saturated heterocycles. The number of hydrogen-bond acceptors (Lipinski definition) is 4. The summed E-state index contributed by atoms with van der Waals surface area (Å²) in [5.74, 6) is 0.156. The quantitative estimate of drug-likeness (QED) is 0.473. The molecule has 0 aliphatic rings. The Kier molecular flexibility index (Phi) is 6.27. The highest BCUT2D eigenvalue weighted by molar-refractivity contribution is 5.85. The van der Waals surface area contributed by atoms with Crippen LogP contribution in [0.4, 0.5) is 0 Å². The lowest BCUT2D eigenvalue weighted by molar-refractivity contribution is -0.670. The van der Waals surface area contributed by atoms with Gasteiger partial charge in [0.15, 0.2) is 5.58 Å². The summed E-state index contributed by atoms with van der Waals surface area (Å²) in [6.45, 7) is 4.07. The maximum absolute atomic E-state index is 12.7. The van der Waals surface area contributed by atoms with Gasteiger partial charge in [-0.25, -0.2) is 4.79 Å². The first-order valence-corrected chi connectivity index (χ1v) is 9.23. The topological polar surface area (TPSA) is 76.3 Å². The summed E-state index contributed by atoms with van der Waals surface area (Å²) >= 11 is 0. The number of rotatable bonds is 8. The van der Waals surface area contributed by atoms with Crippen LogP contribution < -0.4 is 10.9 Å². The monoisotopic (exact) mass is 368 g/mol. The zero-order valence-corrected chi connectivity index (χ0v) is 15.8. The van der Waals surface area contributed by atoms with Crippen molar-refractivity contribution in [3.05, 3.63) is 75.1 Å². The highest BCUT2D eigenvalue weighted by Crippen LogP contribution is 2.29. The highest BCUT2D eigenvalue weighted by Gasteiger charge is 2.17. The molecule has 0 spiro atoms. The first-order chi connectivity index (χ1) is 13.1. The van der Waals surface area contributed by atoms with Gasteiger partial charge in [0.25, 0.3) is 0 Å². The molecule has 0 fully saturated rings. The predicted octanol–water partition coefficient (Wildman–Crippen LogP) is 2.50. The first kappa shape index (κ1) is 19.1. The van der Waals surface area contributed by atoms with Crippen LogP contribution in [0.1, 0.15) is 28.7 Å². The normalized spacial score (nSPS) is 11.2. The van der Waals surface area contributed by atoms with Crippen molar-refractivity contribution >= 4 is 11.0 Å². The molecule has 0 radical (unpaired) electrons. The molecule has 27 heavy (non-hydrogen) atoms. The van der Waals surface area contributed by atoms with E-state index < -0.39 is 0 Å². The van der Waals surface area contributed by atoms with Crippen molar-refractivity contribution in [1.29, 1.82) is 0 Å². The zero-order chi connectivity index (χ0) is 19.2. The molecule has 142 valence electrons. The van der Waals surface area contributed by atoms with Crippen molar-refractivity contribution in [3.8, 4) is 5.75 Å². The molecule has 0 unspecified atom stereocenters. The Bertz CT molecular complexity index is 963. The van der Waals surface area contributed by atoms with Crippen molar-refractivity contribution in [3.63, 3.8) is 0 Å². The lowest BCUT2D eigenvalue weighted by Gasteiger charge is -2.12. The SMILES string of the molecule is COCCC[NH2+]Cc1c(O)ccc2c(C)c(Cc3ccccc3)c(=O)oc12. The second-order valence-electron chi connectivity index (χ2n) is 6.72. The van der Waals surface area contributed by atoms with E-state index in [0.717, 1.165) is 29.5 Å². The van der Waals surface area contributed by atoms with Crippen molar-refractivity contribution in [2.24, 2.45) is 0 Å². The number of nitrogens with two attached hydrogens (primary N) is 1. The number of methoxy groups -OCH3 is 1. The summed E-state index contributed by atoms with van der Waals surface area (Å²) in [6, 6.07) is 13.4. The minimum absolute atomic E-state index is 0.156. The number of benzene rings is 2. The van der Waals surface area contributed by atoms with Crippen molar-refractivity contribution in [1.82, 2.24) is 0 Å². The second kappa shape index (κ2) is 8.84. The van der Waals surface area contributed by atoms with Gasteiger partial charge < -0.3 is 19.6 Å². The fourth-order valence-electron chi connectivity index (χ4n) is 3.32. The third-order valence-corrected chi connectivity index (χ3v) is 4.86. The van der Waals surface area contributed by atoms with E-state index in [9.17, 15) is 9.90 Å². The molecule has 2 aromatic carbocycles. The number of phenols is 1. The van der Waals surface area contributed by atoms with Crippen LogP contribution in [-0.2, 0) is 17.7 Å². The van der Waals surface area contributed by atoms with Crippen LogP contribution >= 0.6 is 0 Å². The van der Waals surface area contributed by atoms with Crippen molar-refractivity contribution < 1.29 is 19.6 Å². The van der Waals surface area contributed by atoms with Gasteiger partial charge in [-0.05, 0) is 30.2 Å². The molecule has 0 amide bonds. The Hall–Kier alpha value is -2.63. The molecular weight excluding hydrogens is 342 g/mol. The van der Waals surface area contributed by atoms with Crippen LogP contribution in [0.3, 0.4) is 0 Å². The summed E-state index contributed by atoms with van der Waals surface area (Å²) in [4.78, 5) is 12.7. The molecule has 3 aromatic rings. The summed E-state index contributed by atoms with van der Waals surface area (Å²) in [5, 5.41) is 13.2. The van der Waals surface area contributed by atoms with E-state index in [4.69, 9.17) is 9.15 Å². The van der Waals surface area contributed by atoms with Gasteiger partial charge in [-0.1, -0.05) is 30.3 Å². The standard InChI is InChI=1S/C22H25NO4/c1-15-17-9-10-20(24)19(14-23-11-6-12-26-2)21(17)27-22(25)18(15)13-16-7-4-3-5-8-16/h3-5,7-10,23-24H,6,11-14H2,1-2H3/p+1. The number of fused-ring (bicyclic) bond motifs is 1. The van der Waals surface area contributed by atoms with E-state index in [-0.39, 0.29) is 11.4 Å². The molecule has 1 aromatic heterocycles. The van der Waals surface area contributed by atoms with Crippen LogP contribution in [0.25, 0.3) is 11.0 Å². The van der Waals surface area contributed by atoms with Crippen LogP contribution in [0.15, 0.2) is 51.7 Å². The molecule has 0 saturated carbocycles. The molecule has 0 aliphatic carbocycles. The third kappa shape index (κ3) is 4.38. The predicted molar refractivity (Wildman–Crippen MR) is 105 cm³/mol. The molecular formula is C22H26NO4+.